The molecule has 0 aliphatic rings. The minimum atomic E-state index is 0.0916. The Labute approximate surface area is 130 Å². The largest absolute Gasteiger partial charge is 0.488 e. The number of hydrogen-bond donors (Lipinski definition) is 0. The van der Waals surface area contributed by atoms with Crippen LogP contribution >= 0.6 is 12.2 Å². The number of aryl methyl sites for hydroxylation is 2. The Hall–Kier alpha value is -2.07. The molecule has 0 aromatic heterocycles. The molecule has 0 amide bonds. The highest BCUT2D eigenvalue weighted by atomic mass is 32.1. The average Bonchev–Trinajstić information content (AvgIpc) is 2.47. The Morgan fingerprint density at radius 3 is 2.52 bits per heavy atom. The second-order valence-electron chi connectivity index (χ2n) is 4.72. The molecule has 0 unspecified atom stereocenters. The van der Waals surface area contributed by atoms with E-state index in [1.807, 2.05) is 43.3 Å². The van der Waals surface area contributed by atoms with E-state index in [1.165, 1.54) is 12.7 Å². The molecule has 0 aliphatic heterocycles. The first-order chi connectivity index (χ1) is 10.1. The van der Waals surface area contributed by atoms with E-state index in [-0.39, 0.29) is 5.24 Å². The van der Waals surface area contributed by atoms with Crippen molar-refractivity contribution in [1.29, 1.82) is 0 Å². The van der Waals surface area contributed by atoms with Crippen molar-refractivity contribution in [3.05, 3.63) is 59.2 Å². The molecule has 110 valence electrons. The molecule has 0 saturated carbocycles. The van der Waals surface area contributed by atoms with Crippen LogP contribution in [0.15, 0.2) is 42.5 Å². The third-order valence-electron chi connectivity index (χ3n) is 3.05. The second-order valence-corrected chi connectivity index (χ2v) is 5.05. The summed E-state index contributed by atoms with van der Waals surface area (Å²) in [5.41, 5.74) is 3.24. The molecule has 0 aliphatic carbocycles. The molecule has 4 heteroatoms. The van der Waals surface area contributed by atoms with E-state index in [1.54, 1.807) is 0 Å². The maximum absolute atomic E-state index is 5.87. The predicted octanol–water partition coefficient (Wildman–Crippen LogP) is 4.19. The van der Waals surface area contributed by atoms with Gasteiger partial charge in [-0.1, -0.05) is 35.9 Å². The van der Waals surface area contributed by atoms with Crippen molar-refractivity contribution in [2.45, 2.75) is 20.5 Å². The van der Waals surface area contributed by atoms with E-state index in [4.69, 9.17) is 26.4 Å². The van der Waals surface area contributed by atoms with Gasteiger partial charge in [-0.15, -0.1) is 0 Å². The summed E-state index contributed by atoms with van der Waals surface area (Å²) >= 11 is 4.92. The molecule has 0 atom stereocenters. The van der Waals surface area contributed by atoms with Crippen LogP contribution in [0, 0.1) is 13.8 Å². The fourth-order valence-electron chi connectivity index (χ4n) is 1.97. The van der Waals surface area contributed by atoms with Crippen LogP contribution in [0.3, 0.4) is 0 Å². The third-order valence-corrected chi connectivity index (χ3v) is 3.30. The van der Waals surface area contributed by atoms with Gasteiger partial charge in [-0.3, -0.25) is 0 Å². The molecule has 0 radical (unpaired) electrons. The molecule has 0 fully saturated rings. The van der Waals surface area contributed by atoms with Crippen molar-refractivity contribution >= 4 is 17.5 Å². The van der Waals surface area contributed by atoms with Crippen LogP contribution in [0.2, 0.25) is 0 Å². The topological polar surface area (TPSA) is 27.7 Å². The van der Waals surface area contributed by atoms with E-state index >= 15 is 0 Å². The minimum absolute atomic E-state index is 0.0916. The van der Waals surface area contributed by atoms with Crippen LogP contribution < -0.4 is 9.47 Å². The molecule has 2 aromatic carbocycles. The van der Waals surface area contributed by atoms with E-state index < -0.39 is 0 Å². The van der Waals surface area contributed by atoms with Crippen LogP contribution in [0.25, 0.3) is 0 Å². The van der Waals surface area contributed by atoms with Gasteiger partial charge in [0.05, 0.1) is 7.11 Å². The normalized spacial score (nSPS) is 10.0. The number of hydrogen-bond acceptors (Lipinski definition) is 4. The maximum atomic E-state index is 5.87. The summed E-state index contributed by atoms with van der Waals surface area (Å²) in [7, 11) is 1.48. The molecular weight excluding hydrogens is 284 g/mol. The monoisotopic (exact) mass is 302 g/mol. The Bertz CT molecular complexity index is 638. The summed E-state index contributed by atoms with van der Waals surface area (Å²) < 4.78 is 16.2. The molecule has 0 saturated heterocycles. The van der Waals surface area contributed by atoms with Gasteiger partial charge in [0.1, 0.15) is 18.1 Å². The molecule has 0 bridgehead atoms. The number of methoxy groups -OCH3 is 1. The first kappa shape index (κ1) is 15.3. The molecular formula is C17H18O3S. The van der Waals surface area contributed by atoms with Crippen molar-refractivity contribution in [1.82, 2.24) is 0 Å². The molecule has 0 heterocycles. The van der Waals surface area contributed by atoms with Crippen molar-refractivity contribution in [3.63, 3.8) is 0 Å². The number of rotatable bonds is 4. The van der Waals surface area contributed by atoms with Crippen LogP contribution in [-0.2, 0) is 11.3 Å². The fourth-order valence-corrected chi connectivity index (χ4v) is 2.06. The van der Waals surface area contributed by atoms with Gasteiger partial charge in [-0.25, -0.2) is 0 Å². The SMILES string of the molecule is COC(=S)Oc1ccccc1COc1ccc(C)cc1C. The lowest BCUT2D eigenvalue weighted by Crippen LogP contribution is -2.09. The van der Waals surface area contributed by atoms with Crippen molar-refractivity contribution in [2.24, 2.45) is 0 Å². The summed E-state index contributed by atoms with van der Waals surface area (Å²) in [6, 6.07) is 13.7. The summed E-state index contributed by atoms with van der Waals surface area (Å²) in [6.07, 6.45) is 0. The van der Waals surface area contributed by atoms with Gasteiger partial charge in [0.25, 0.3) is 0 Å². The quantitative estimate of drug-likeness (QED) is 0.791. The molecule has 0 N–H and O–H groups in total. The van der Waals surface area contributed by atoms with Gasteiger partial charge in [-0.05, 0) is 31.5 Å². The lowest BCUT2D eigenvalue weighted by Gasteiger charge is -2.13. The third kappa shape index (κ3) is 4.20. The van der Waals surface area contributed by atoms with Gasteiger partial charge in [0, 0.05) is 17.8 Å². The summed E-state index contributed by atoms with van der Waals surface area (Å²) in [5.74, 6) is 1.51. The highest BCUT2D eigenvalue weighted by Crippen LogP contribution is 2.23. The first-order valence-corrected chi connectivity index (χ1v) is 7.04. The Kier molecular flexibility index (Phi) is 5.17. The highest BCUT2D eigenvalue weighted by molar-refractivity contribution is 7.79. The van der Waals surface area contributed by atoms with E-state index in [9.17, 15) is 0 Å². The Morgan fingerprint density at radius 2 is 1.81 bits per heavy atom. The molecule has 2 rings (SSSR count). The Balaban J connectivity index is 2.11. The number of benzene rings is 2. The summed E-state index contributed by atoms with van der Waals surface area (Å²) in [6.45, 7) is 4.50. The van der Waals surface area contributed by atoms with Crippen molar-refractivity contribution in [2.75, 3.05) is 7.11 Å². The molecule has 0 spiro atoms. The fraction of sp³-hybridized carbons (Fsp3) is 0.235. The summed E-state index contributed by atoms with van der Waals surface area (Å²) in [5, 5.41) is 0.0916. The molecule has 2 aromatic rings. The smallest absolute Gasteiger partial charge is 0.357 e. The summed E-state index contributed by atoms with van der Waals surface area (Å²) in [4.78, 5) is 0. The molecule has 3 nitrogen and oxygen atoms in total. The number of para-hydroxylation sites is 1. The molecule has 21 heavy (non-hydrogen) atoms. The predicted molar refractivity (Wildman–Crippen MR) is 86.9 cm³/mol. The highest BCUT2D eigenvalue weighted by Gasteiger charge is 2.08. The second kappa shape index (κ2) is 7.09. The zero-order valence-electron chi connectivity index (χ0n) is 12.4. The van der Waals surface area contributed by atoms with Crippen molar-refractivity contribution < 1.29 is 14.2 Å². The first-order valence-electron chi connectivity index (χ1n) is 6.64. The lowest BCUT2D eigenvalue weighted by molar-refractivity contribution is 0.288. The maximum Gasteiger partial charge on any atom is 0.357 e. The standard InChI is InChI=1S/C17H18O3S/c1-12-8-9-15(13(2)10-12)19-11-14-6-4-5-7-16(14)20-17(21)18-3/h4-10H,11H2,1-3H3. The van der Waals surface area contributed by atoms with Crippen LogP contribution in [0.1, 0.15) is 16.7 Å². The zero-order chi connectivity index (χ0) is 15.2. The minimum Gasteiger partial charge on any atom is -0.488 e. The van der Waals surface area contributed by atoms with Gasteiger partial charge in [-0.2, -0.15) is 0 Å². The number of thiocarbonyl (C=S) groups is 1. The number of ether oxygens (including phenoxy) is 3. The Morgan fingerprint density at radius 1 is 1.05 bits per heavy atom. The van der Waals surface area contributed by atoms with Gasteiger partial charge in [0.15, 0.2) is 0 Å². The van der Waals surface area contributed by atoms with Crippen LogP contribution in [0.5, 0.6) is 11.5 Å². The lowest BCUT2D eigenvalue weighted by atomic mass is 10.1. The zero-order valence-corrected chi connectivity index (χ0v) is 13.2. The average molecular weight is 302 g/mol. The van der Waals surface area contributed by atoms with Gasteiger partial charge >= 0.3 is 5.24 Å². The van der Waals surface area contributed by atoms with Crippen LogP contribution in [0.4, 0.5) is 0 Å². The van der Waals surface area contributed by atoms with Crippen molar-refractivity contribution in [3.8, 4) is 11.5 Å². The van der Waals surface area contributed by atoms with Crippen LogP contribution in [-0.4, -0.2) is 12.3 Å². The van der Waals surface area contributed by atoms with Gasteiger partial charge < -0.3 is 14.2 Å². The van der Waals surface area contributed by atoms with E-state index in [0.29, 0.717) is 12.4 Å². The van der Waals surface area contributed by atoms with E-state index in [2.05, 4.69) is 13.0 Å². The van der Waals surface area contributed by atoms with Gasteiger partial charge in [0.2, 0.25) is 0 Å². The van der Waals surface area contributed by atoms with E-state index in [0.717, 1.165) is 16.9 Å².